The van der Waals surface area contributed by atoms with Crippen LogP contribution in [-0.4, -0.2) is 29.2 Å². The van der Waals surface area contributed by atoms with E-state index in [1.807, 2.05) is 12.1 Å². The molecule has 3 aromatic rings. The first-order valence-electron chi connectivity index (χ1n) is 11.1. The van der Waals surface area contributed by atoms with Crippen molar-refractivity contribution in [2.45, 2.75) is 45.3 Å². The molecule has 2 aromatic carbocycles. The van der Waals surface area contributed by atoms with Crippen molar-refractivity contribution in [1.82, 2.24) is 9.97 Å². The summed E-state index contributed by atoms with van der Waals surface area (Å²) in [5.74, 6) is 0.793. The lowest BCUT2D eigenvalue weighted by molar-refractivity contribution is 0.0532. The predicted octanol–water partition coefficient (Wildman–Crippen LogP) is 5.63. The third-order valence-corrected chi connectivity index (χ3v) is 6.37. The highest BCUT2D eigenvalue weighted by molar-refractivity contribution is 6.36. The van der Waals surface area contributed by atoms with E-state index >= 15 is 0 Å². The fourth-order valence-corrected chi connectivity index (χ4v) is 4.76. The van der Waals surface area contributed by atoms with Gasteiger partial charge in [0.15, 0.2) is 0 Å². The van der Waals surface area contributed by atoms with Crippen molar-refractivity contribution in [2.75, 3.05) is 18.5 Å². The van der Waals surface area contributed by atoms with E-state index in [9.17, 15) is 0 Å². The van der Waals surface area contributed by atoms with Gasteiger partial charge in [0, 0.05) is 23.6 Å². The molecule has 0 amide bonds. The zero-order valence-corrected chi connectivity index (χ0v) is 19.9. The molecule has 3 N–H and O–H groups in total. The number of nitrogens with zero attached hydrogens (tertiary/aromatic N) is 2. The van der Waals surface area contributed by atoms with Gasteiger partial charge in [-0.2, -0.15) is 0 Å². The van der Waals surface area contributed by atoms with Gasteiger partial charge in [0.1, 0.15) is 5.82 Å². The molecule has 0 saturated heterocycles. The Morgan fingerprint density at radius 2 is 1.84 bits per heavy atom. The third-order valence-electron chi connectivity index (χ3n) is 5.82. The van der Waals surface area contributed by atoms with Crippen LogP contribution in [0.5, 0.6) is 0 Å². The minimum absolute atomic E-state index is 0.00193. The minimum atomic E-state index is -0.00738. The third kappa shape index (κ3) is 4.62. The molecule has 0 aliphatic heterocycles. The quantitative estimate of drug-likeness (QED) is 0.446. The lowest BCUT2D eigenvalue weighted by Crippen LogP contribution is -2.28. The normalized spacial score (nSPS) is 17.4. The Morgan fingerprint density at radius 3 is 2.56 bits per heavy atom. The maximum atomic E-state index is 6.50. The first-order valence-corrected chi connectivity index (χ1v) is 11.8. The van der Waals surface area contributed by atoms with E-state index < -0.39 is 0 Å². The van der Waals surface area contributed by atoms with Crippen LogP contribution in [0.2, 0.25) is 10.0 Å². The molecule has 0 fully saturated rings. The van der Waals surface area contributed by atoms with Crippen LogP contribution in [0.3, 0.4) is 0 Å². The number of hydrogen-bond acceptors (Lipinski definition) is 5. The number of nitrogens with one attached hydrogen (secondary N) is 1. The van der Waals surface area contributed by atoms with Crippen LogP contribution < -0.4 is 11.1 Å². The number of aromatic nitrogens is 2. The smallest absolute Gasteiger partial charge is 0.148 e. The molecule has 32 heavy (non-hydrogen) atoms. The molecule has 1 aliphatic carbocycles. The van der Waals surface area contributed by atoms with Crippen molar-refractivity contribution < 1.29 is 4.74 Å². The summed E-state index contributed by atoms with van der Waals surface area (Å²) >= 11 is 12.6. The molecule has 0 unspecified atom stereocenters. The molecule has 0 saturated carbocycles. The summed E-state index contributed by atoms with van der Waals surface area (Å²) in [6, 6.07) is 13.9. The number of anilines is 1. The predicted molar refractivity (Wildman–Crippen MR) is 132 cm³/mol. The van der Waals surface area contributed by atoms with Gasteiger partial charge in [-0.15, -0.1) is 0 Å². The Bertz CT molecular complexity index is 1110. The number of hydrogen-bond donors (Lipinski definition) is 2. The molecule has 5 nitrogen and oxygen atoms in total. The van der Waals surface area contributed by atoms with Crippen LogP contribution in [0.15, 0.2) is 42.5 Å². The number of benzene rings is 2. The average molecular weight is 471 g/mol. The van der Waals surface area contributed by atoms with Gasteiger partial charge in [-0.05, 0) is 42.2 Å². The molecule has 1 aliphatic rings. The zero-order chi connectivity index (χ0) is 22.7. The molecule has 168 valence electrons. The van der Waals surface area contributed by atoms with Gasteiger partial charge in [0.05, 0.1) is 40.9 Å². The van der Waals surface area contributed by atoms with E-state index in [0.717, 1.165) is 47.7 Å². The van der Waals surface area contributed by atoms with E-state index in [2.05, 4.69) is 43.4 Å². The van der Waals surface area contributed by atoms with E-state index in [1.54, 1.807) is 6.07 Å². The largest absolute Gasteiger partial charge is 0.374 e. The average Bonchev–Trinajstić information content (AvgIpc) is 3.15. The highest BCUT2D eigenvalue weighted by Crippen LogP contribution is 2.37. The second kappa shape index (κ2) is 10.2. The molecular formula is C25H28Cl2N4O. The molecular weight excluding hydrogens is 443 g/mol. The van der Waals surface area contributed by atoms with Gasteiger partial charge in [0.25, 0.3) is 0 Å². The Morgan fingerprint density at radius 1 is 1.06 bits per heavy atom. The zero-order valence-electron chi connectivity index (χ0n) is 18.4. The first-order chi connectivity index (χ1) is 15.5. The van der Waals surface area contributed by atoms with Crippen LogP contribution in [0.25, 0.3) is 11.3 Å². The van der Waals surface area contributed by atoms with E-state index in [-0.39, 0.29) is 12.1 Å². The van der Waals surface area contributed by atoms with Crippen molar-refractivity contribution >= 4 is 29.0 Å². The van der Waals surface area contributed by atoms with Gasteiger partial charge in [-0.3, -0.25) is 0 Å². The lowest BCUT2D eigenvalue weighted by Gasteiger charge is -2.24. The lowest BCUT2D eigenvalue weighted by atomic mass is 10.1. The fraction of sp³-hybridized carbons (Fsp3) is 0.360. The number of halogens is 2. The summed E-state index contributed by atoms with van der Waals surface area (Å²) in [7, 11) is 0. The van der Waals surface area contributed by atoms with Crippen molar-refractivity contribution in [2.24, 2.45) is 5.73 Å². The summed E-state index contributed by atoms with van der Waals surface area (Å²) in [5, 5.41) is 4.83. The monoisotopic (exact) mass is 470 g/mol. The maximum Gasteiger partial charge on any atom is 0.148 e. The molecule has 1 heterocycles. The van der Waals surface area contributed by atoms with Crippen molar-refractivity contribution in [3.05, 3.63) is 75.0 Å². The highest BCUT2D eigenvalue weighted by atomic mass is 35.5. The molecule has 7 heteroatoms. The van der Waals surface area contributed by atoms with Crippen LogP contribution in [0.1, 0.15) is 42.4 Å². The molecule has 1 aromatic heterocycles. The van der Waals surface area contributed by atoms with Crippen LogP contribution in [-0.2, 0) is 24.0 Å². The highest BCUT2D eigenvalue weighted by Gasteiger charge is 2.34. The SMILES string of the molecule is CCc1nc(-c2ccc(Cl)cc2Cl)c(CC)nc1N[C@@H]1c2ccccc2C[C@@H]1OCCN. The Kier molecular flexibility index (Phi) is 7.31. The summed E-state index contributed by atoms with van der Waals surface area (Å²) in [6.45, 7) is 5.18. The van der Waals surface area contributed by atoms with Crippen LogP contribution in [0.4, 0.5) is 5.82 Å². The van der Waals surface area contributed by atoms with Gasteiger partial charge in [-0.25, -0.2) is 9.97 Å². The molecule has 2 atom stereocenters. The number of aryl methyl sites for hydroxylation is 2. The van der Waals surface area contributed by atoms with E-state index in [4.69, 9.17) is 43.6 Å². The number of fused-ring (bicyclic) bond motifs is 1. The Hall–Kier alpha value is -2.18. The summed E-state index contributed by atoms with van der Waals surface area (Å²) in [6.07, 6.45) is 2.31. The Labute approximate surface area is 199 Å². The summed E-state index contributed by atoms with van der Waals surface area (Å²) < 4.78 is 6.10. The maximum absolute atomic E-state index is 6.50. The second-order valence-corrected chi connectivity index (χ2v) is 8.71. The summed E-state index contributed by atoms with van der Waals surface area (Å²) in [5.41, 5.74) is 11.7. The minimum Gasteiger partial charge on any atom is -0.374 e. The van der Waals surface area contributed by atoms with E-state index in [1.165, 1.54) is 11.1 Å². The second-order valence-electron chi connectivity index (χ2n) is 7.87. The van der Waals surface area contributed by atoms with Gasteiger partial charge < -0.3 is 15.8 Å². The molecule has 4 rings (SSSR count). The number of nitrogens with two attached hydrogens (primary N) is 1. The van der Waals surface area contributed by atoms with Crippen LogP contribution in [0, 0.1) is 0 Å². The van der Waals surface area contributed by atoms with Crippen molar-refractivity contribution in [3.63, 3.8) is 0 Å². The number of rotatable bonds is 8. The standard InChI is InChI=1S/C25H28Cl2N4O/c1-3-20-23(18-10-9-16(26)14-19(18)27)29-21(4-2)25(30-20)31-24-17-8-6-5-7-15(17)13-22(24)32-12-11-28/h5-10,14,22,24H,3-4,11-13,28H2,1-2H3,(H,30,31)/t22-,24+/m0/s1. The van der Waals surface area contributed by atoms with E-state index in [0.29, 0.717) is 23.2 Å². The van der Waals surface area contributed by atoms with Crippen molar-refractivity contribution in [3.8, 4) is 11.3 Å². The van der Waals surface area contributed by atoms with Crippen LogP contribution >= 0.6 is 23.2 Å². The van der Waals surface area contributed by atoms with Crippen molar-refractivity contribution in [1.29, 1.82) is 0 Å². The Balaban J connectivity index is 1.73. The molecule has 0 radical (unpaired) electrons. The molecule has 0 spiro atoms. The molecule has 0 bridgehead atoms. The topological polar surface area (TPSA) is 73.1 Å². The summed E-state index contributed by atoms with van der Waals surface area (Å²) in [4.78, 5) is 10.0. The first kappa shape index (κ1) is 23.0. The fourth-order valence-electron chi connectivity index (χ4n) is 4.26. The van der Waals surface area contributed by atoms with Gasteiger partial charge in [0.2, 0.25) is 0 Å². The van der Waals surface area contributed by atoms with Gasteiger partial charge >= 0.3 is 0 Å². The number of ether oxygens (including phenoxy) is 1. The van der Waals surface area contributed by atoms with Gasteiger partial charge in [-0.1, -0.05) is 61.3 Å².